The number of hydrogen-bond donors (Lipinski definition) is 2. The molecule has 0 bridgehead atoms. The summed E-state index contributed by atoms with van der Waals surface area (Å²) in [5.74, 6) is -0.363. The van der Waals surface area contributed by atoms with Gasteiger partial charge in [0.2, 0.25) is 0 Å². The summed E-state index contributed by atoms with van der Waals surface area (Å²) in [6, 6.07) is 15.1. The van der Waals surface area contributed by atoms with Crippen LogP contribution in [-0.2, 0) is 11.2 Å². The van der Waals surface area contributed by atoms with Crippen molar-refractivity contribution in [2.75, 3.05) is 19.0 Å². The molecule has 0 fully saturated rings. The van der Waals surface area contributed by atoms with Gasteiger partial charge in [0.15, 0.2) is 5.11 Å². The Labute approximate surface area is 175 Å². The average molecular weight is 410 g/mol. The Morgan fingerprint density at radius 1 is 1.14 bits per heavy atom. The molecule has 3 aromatic rings. The number of nitrogens with zero attached hydrogens (tertiary/aromatic N) is 3. The Kier molecular flexibility index (Phi) is 6.91. The molecular weight excluding hydrogens is 386 g/mol. The van der Waals surface area contributed by atoms with E-state index < -0.39 is 0 Å². The van der Waals surface area contributed by atoms with Crippen LogP contribution in [0.3, 0.4) is 0 Å². The van der Waals surface area contributed by atoms with Gasteiger partial charge in [-0.15, -0.1) is 5.10 Å². The van der Waals surface area contributed by atoms with Gasteiger partial charge in [0.1, 0.15) is 0 Å². The summed E-state index contributed by atoms with van der Waals surface area (Å²) in [6.07, 6.45) is 3.53. The first-order chi connectivity index (χ1) is 14.0. The van der Waals surface area contributed by atoms with E-state index in [1.807, 2.05) is 37.4 Å². The normalized spacial score (nSPS) is 10.4. The number of nitrogens with one attached hydrogen (secondary N) is 2. The standard InChI is InChI=1S/C21H23N5O2S/c1-15-5-9-17(10-6-15)23-21(29)22-13-3-4-18-14-26(25-24-18)19-11-7-16(8-12-19)20(27)28-2/h5-12,14H,3-4,13H2,1-2H3,(H2,22,23,29). The minimum absolute atomic E-state index is 0.363. The molecule has 0 amide bonds. The first-order valence-electron chi connectivity index (χ1n) is 9.26. The van der Waals surface area contributed by atoms with Crippen molar-refractivity contribution >= 4 is 29.0 Å². The van der Waals surface area contributed by atoms with Gasteiger partial charge in [0.05, 0.1) is 30.3 Å². The lowest BCUT2D eigenvalue weighted by Gasteiger charge is -2.10. The van der Waals surface area contributed by atoms with Crippen LogP contribution in [0.2, 0.25) is 0 Å². The van der Waals surface area contributed by atoms with Gasteiger partial charge in [0.25, 0.3) is 0 Å². The number of methoxy groups -OCH3 is 1. The van der Waals surface area contributed by atoms with Gasteiger partial charge < -0.3 is 15.4 Å². The molecule has 2 N–H and O–H groups in total. The Morgan fingerprint density at radius 3 is 2.55 bits per heavy atom. The fourth-order valence-electron chi connectivity index (χ4n) is 2.69. The second-order valence-corrected chi connectivity index (χ2v) is 6.95. The zero-order valence-corrected chi connectivity index (χ0v) is 17.2. The highest BCUT2D eigenvalue weighted by Crippen LogP contribution is 2.11. The van der Waals surface area contributed by atoms with Crippen LogP contribution in [0.1, 0.15) is 28.0 Å². The Hall–Kier alpha value is -3.26. The topological polar surface area (TPSA) is 81.1 Å². The number of rotatable bonds is 7. The lowest BCUT2D eigenvalue weighted by atomic mass is 10.2. The van der Waals surface area contributed by atoms with E-state index in [-0.39, 0.29) is 5.97 Å². The minimum Gasteiger partial charge on any atom is -0.465 e. The number of aromatic nitrogens is 3. The highest BCUT2D eigenvalue weighted by Gasteiger charge is 2.07. The Balaban J connectivity index is 1.44. The number of thiocarbonyl (C=S) groups is 1. The first-order valence-corrected chi connectivity index (χ1v) is 9.67. The molecule has 0 radical (unpaired) electrons. The number of carbonyl (C=O) groups is 1. The third-order valence-corrected chi connectivity index (χ3v) is 4.54. The zero-order valence-electron chi connectivity index (χ0n) is 16.4. The maximum absolute atomic E-state index is 11.5. The summed E-state index contributed by atoms with van der Waals surface area (Å²) in [7, 11) is 1.36. The molecule has 8 heteroatoms. The van der Waals surface area contributed by atoms with Gasteiger partial charge in [-0.25, -0.2) is 9.48 Å². The Morgan fingerprint density at radius 2 is 1.86 bits per heavy atom. The lowest BCUT2D eigenvalue weighted by molar-refractivity contribution is 0.0600. The fourth-order valence-corrected chi connectivity index (χ4v) is 2.91. The van der Waals surface area contributed by atoms with Crippen molar-refractivity contribution < 1.29 is 9.53 Å². The molecular formula is C21H23N5O2S. The van der Waals surface area contributed by atoms with Crippen molar-refractivity contribution in [2.45, 2.75) is 19.8 Å². The average Bonchev–Trinajstić information content (AvgIpc) is 3.21. The molecule has 0 unspecified atom stereocenters. The predicted octanol–water partition coefficient (Wildman–Crippen LogP) is 3.28. The molecule has 1 heterocycles. The highest BCUT2D eigenvalue weighted by molar-refractivity contribution is 7.80. The maximum atomic E-state index is 11.5. The third kappa shape index (κ3) is 5.86. The summed E-state index contributed by atoms with van der Waals surface area (Å²) >= 11 is 5.32. The molecule has 0 saturated heterocycles. The molecule has 2 aromatic carbocycles. The van der Waals surface area contributed by atoms with E-state index in [9.17, 15) is 4.79 Å². The van der Waals surface area contributed by atoms with Gasteiger partial charge in [-0.2, -0.15) is 0 Å². The number of benzene rings is 2. The molecule has 0 saturated carbocycles. The summed E-state index contributed by atoms with van der Waals surface area (Å²) in [5.41, 5.74) is 4.40. The smallest absolute Gasteiger partial charge is 0.337 e. The quantitative estimate of drug-likeness (QED) is 0.352. The van der Waals surface area contributed by atoms with E-state index in [0.717, 1.165) is 36.5 Å². The van der Waals surface area contributed by atoms with Crippen LogP contribution in [-0.4, -0.2) is 39.7 Å². The van der Waals surface area contributed by atoms with Crippen molar-refractivity contribution in [1.29, 1.82) is 0 Å². The number of ether oxygens (including phenoxy) is 1. The van der Waals surface area contributed by atoms with Crippen molar-refractivity contribution in [3.63, 3.8) is 0 Å². The Bertz CT molecular complexity index is 967. The molecule has 0 atom stereocenters. The van der Waals surface area contributed by atoms with E-state index in [0.29, 0.717) is 10.7 Å². The highest BCUT2D eigenvalue weighted by atomic mass is 32.1. The maximum Gasteiger partial charge on any atom is 0.337 e. The molecule has 1 aromatic heterocycles. The minimum atomic E-state index is -0.363. The van der Waals surface area contributed by atoms with Crippen molar-refractivity contribution in [3.05, 3.63) is 71.5 Å². The van der Waals surface area contributed by atoms with Crippen molar-refractivity contribution in [1.82, 2.24) is 20.3 Å². The van der Waals surface area contributed by atoms with E-state index in [2.05, 4.69) is 20.9 Å². The van der Waals surface area contributed by atoms with Crippen LogP contribution >= 0.6 is 12.2 Å². The van der Waals surface area contributed by atoms with Crippen LogP contribution in [0, 0.1) is 6.92 Å². The van der Waals surface area contributed by atoms with Crippen LogP contribution in [0.5, 0.6) is 0 Å². The van der Waals surface area contributed by atoms with Crippen LogP contribution in [0.15, 0.2) is 54.7 Å². The van der Waals surface area contributed by atoms with Crippen molar-refractivity contribution in [2.24, 2.45) is 0 Å². The largest absolute Gasteiger partial charge is 0.465 e. The molecule has 7 nitrogen and oxygen atoms in total. The SMILES string of the molecule is COC(=O)c1ccc(-n2cc(CCCNC(=S)Nc3ccc(C)cc3)nn2)cc1. The molecule has 0 aliphatic heterocycles. The van der Waals surface area contributed by atoms with Gasteiger partial charge >= 0.3 is 5.97 Å². The number of hydrogen-bond acceptors (Lipinski definition) is 5. The molecule has 0 aliphatic rings. The van der Waals surface area contributed by atoms with Gasteiger partial charge in [0, 0.05) is 12.2 Å². The fraction of sp³-hybridized carbons (Fsp3) is 0.238. The third-order valence-electron chi connectivity index (χ3n) is 4.30. The number of esters is 1. The van der Waals surface area contributed by atoms with Gasteiger partial charge in [-0.05, 0) is 68.4 Å². The first kappa shape index (κ1) is 20.5. The lowest BCUT2D eigenvalue weighted by Crippen LogP contribution is -2.29. The predicted molar refractivity (Wildman–Crippen MR) is 116 cm³/mol. The number of carbonyl (C=O) groups excluding carboxylic acids is 1. The van der Waals surface area contributed by atoms with Gasteiger partial charge in [-0.3, -0.25) is 0 Å². The van der Waals surface area contributed by atoms with Crippen molar-refractivity contribution in [3.8, 4) is 5.69 Å². The second kappa shape index (κ2) is 9.79. The number of anilines is 1. The van der Waals surface area contributed by atoms with E-state index >= 15 is 0 Å². The molecule has 0 aliphatic carbocycles. The number of aryl methyl sites for hydroxylation is 2. The summed E-state index contributed by atoms with van der Waals surface area (Å²) < 4.78 is 6.39. The molecule has 0 spiro atoms. The van der Waals surface area contributed by atoms with Crippen LogP contribution < -0.4 is 10.6 Å². The molecule has 3 rings (SSSR count). The van der Waals surface area contributed by atoms with Gasteiger partial charge in [-0.1, -0.05) is 22.9 Å². The second-order valence-electron chi connectivity index (χ2n) is 6.54. The summed E-state index contributed by atoms with van der Waals surface area (Å²) in [4.78, 5) is 11.5. The van der Waals surface area contributed by atoms with E-state index in [4.69, 9.17) is 17.0 Å². The zero-order chi connectivity index (χ0) is 20.6. The van der Waals surface area contributed by atoms with Crippen LogP contribution in [0.4, 0.5) is 5.69 Å². The molecule has 29 heavy (non-hydrogen) atoms. The van der Waals surface area contributed by atoms with Crippen LogP contribution in [0.25, 0.3) is 5.69 Å². The summed E-state index contributed by atoms with van der Waals surface area (Å²) in [5, 5.41) is 15.3. The van der Waals surface area contributed by atoms with E-state index in [1.54, 1.807) is 28.9 Å². The van der Waals surface area contributed by atoms with E-state index in [1.165, 1.54) is 12.7 Å². The molecule has 150 valence electrons. The summed E-state index contributed by atoms with van der Waals surface area (Å²) in [6.45, 7) is 2.78. The monoisotopic (exact) mass is 409 g/mol.